The van der Waals surface area contributed by atoms with Crippen molar-refractivity contribution in [3.05, 3.63) is 27.9 Å². The van der Waals surface area contributed by atoms with E-state index >= 15 is 0 Å². The number of anilines is 1. The van der Waals surface area contributed by atoms with Crippen molar-refractivity contribution in [2.24, 2.45) is 5.92 Å². The Morgan fingerprint density at radius 3 is 3.05 bits per heavy atom. The third-order valence-corrected chi connectivity index (χ3v) is 3.39. The molecule has 1 aliphatic rings. The number of nitrogens with zero attached hydrogens (tertiary/aromatic N) is 2. The van der Waals surface area contributed by atoms with Gasteiger partial charge < -0.3 is 15.4 Å². The Morgan fingerprint density at radius 2 is 2.43 bits per heavy atom. The summed E-state index contributed by atoms with van der Waals surface area (Å²) in [5, 5.41) is 16.5. The minimum absolute atomic E-state index is 0.0103. The first-order valence-corrected chi connectivity index (χ1v) is 6.80. The molecule has 8 nitrogen and oxygen atoms in total. The van der Waals surface area contributed by atoms with Crippen LogP contribution in [0.4, 0.5) is 11.5 Å². The Hall–Kier alpha value is -2.22. The summed E-state index contributed by atoms with van der Waals surface area (Å²) in [6.07, 6.45) is 3.05. The highest BCUT2D eigenvalue weighted by atomic mass is 16.6. The molecule has 2 N–H and O–H groups in total. The molecule has 2 heterocycles. The average molecular weight is 294 g/mol. The molecule has 8 heteroatoms. The van der Waals surface area contributed by atoms with Crippen molar-refractivity contribution in [1.29, 1.82) is 0 Å². The van der Waals surface area contributed by atoms with Gasteiger partial charge in [0.15, 0.2) is 0 Å². The maximum absolute atomic E-state index is 12.2. The number of hydrogen-bond donors (Lipinski definition) is 2. The third kappa shape index (κ3) is 3.88. The zero-order valence-corrected chi connectivity index (χ0v) is 11.8. The van der Waals surface area contributed by atoms with Crippen LogP contribution in [0.2, 0.25) is 0 Å². The van der Waals surface area contributed by atoms with Gasteiger partial charge in [0.05, 0.1) is 11.5 Å². The second-order valence-corrected chi connectivity index (χ2v) is 4.89. The molecular weight excluding hydrogens is 276 g/mol. The molecule has 0 saturated carbocycles. The molecule has 1 fully saturated rings. The van der Waals surface area contributed by atoms with Crippen LogP contribution in [0.3, 0.4) is 0 Å². The molecule has 2 rings (SSSR count). The molecule has 1 aliphatic heterocycles. The van der Waals surface area contributed by atoms with Gasteiger partial charge in [0.1, 0.15) is 17.6 Å². The van der Waals surface area contributed by atoms with Gasteiger partial charge in [-0.1, -0.05) is 0 Å². The number of carbonyl (C=O) groups excluding carboxylic acids is 1. The van der Waals surface area contributed by atoms with E-state index in [1.807, 2.05) is 0 Å². The van der Waals surface area contributed by atoms with Crippen LogP contribution < -0.4 is 10.6 Å². The number of nitrogens with one attached hydrogen (secondary N) is 2. The number of rotatable bonds is 5. The van der Waals surface area contributed by atoms with Crippen molar-refractivity contribution in [3.8, 4) is 0 Å². The van der Waals surface area contributed by atoms with E-state index in [9.17, 15) is 14.9 Å². The summed E-state index contributed by atoms with van der Waals surface area (Å²) in [5.41, 5.74) is -0.289. The highest BCUT2D eigenvalue weighted by Crippen LogP contribution is 2.20. The highest BCUT2D eigenvalue weighted by Gasteiger charge is 2.22. The Balaban J connectivity index is 2.07. The van der Waals surface area contributed by atoms with Crippen molar-refractivity contribution in [2.45, 2.75) is 12.8 Å². The van der Waals surface area contributed by atoms with Gasteiger partial charge in [-0.25, -0.2) is 4.98 Å². The van der Waals surface area contributed by atoms with Crippen molar-refractivity contribution >= 4 is 17.4 Å². The molecule has 0 spiro atoms. The van der Waals surface area contributed by atoms with E-state index < -0.39 is 10.8 Å². The van der Waals surface area contributed by atoms with Crippen LogP contribution in [0.25, 0.3) is 0 Å². The summed E-state index contributed by atoms with van der Waals surface area (Å²) in [5.74, 6) is 0.199. The Morgan fingerprint density at radius 1 is 1.62 bits per heavy atom. The molecular formula is C13H18N4O4. The fourth-order valence-corrected chi connectivity index (χ4v) is 2.21. The average Bonchev–Trinajstić information content (AvgIpc) is 2.52. The van der Waals surface area contributed by atoms with E-state index in [0.29, 0.717) is 19.0 Å². The van der Waals surface area contributed by atoms with Crippen molar-refractivity contribution in [1.82, 2.24) is 10.3 Å². The summed E-state index contributed by atoms with van der Waals surface area (Å²) in [6, 6.07) is 1.38. The SMILES string of the molecule is CNc1cc(C(=O)NCC2CCCOC2)c([N+](=O)[O-])cn1. The molecule has 1 atom stereocenters. The first-order valence-electron chi connectivity index (χ1n) is 6.80. The number of ether oxygens (including phenoxy) is 1. The van der Waals surface area contributed by atoms with E-state index in [4.69, 9.17) is 4.74 Å². The van der Waals surface area contributed by atoms with Crippen LogP contribution in [-0.4, -0.2) is 42.6 Å². The number of hydrogen-bond acceptors (Lipinski definition) is 6. The largest absolute Gasteiger partial charge is 0.381 e. The van der Waals surface area contributed by atoms with Gasteiger partial charge in [0.25, 0.3) is 11.6 Å². The van der Waals surface area contributed by atoms with Crippen molar-refractivity contribution < 1.29 is 14.5 Å². The minimum atomic E-state index is -0.606. The predicted octanol–water partition coefficient (Wildman–Crippen LogP) is 1.19. The van der Waals surface area contributed by atoms with Gasteiger partial charge in [-0.2, -0.15) is 0 Å². The quantitative estimate of drug-likeness (QED) is 0.624. The van der Waals surface area contributed by atoms with E-state index in [-0.39, 0.29) is 17.2 Å². The zero-order chi connectivity index (χ0) is 15.2. The molecule has 0 bridgehead atoms. The monoisotopic (exact) mass is 294 g/mol. The minimum Gasteiger partial charge on any atom is -0.381 e. The Labute approximate surface area is 122 Å². The van der Waals surface area contributed by atoms with E-state index in [2.05, 4.69) is 15.6 Å². The summed E-state index contributed by atoms with van der Waals surface area (Å²) in [6.45, 7) is 1.82. The Bertz CT molecular complexity index is 529. The third-order valence-electron chi connectivity index (χ3n) is 3.39. The number of carbonyl (C=O) groups is 1. The zero-order valence-electron chi connectivity index (χ0n) is 11.8. The first kappa shape index (κ1) is 15.2. The van der Waals surface area contributed by atoms with Crippen molar-refractivity contribution in [3.63, 3.8) is 0 Å². The molecule has 1 aromatic heterocycles. The van der Waals surface area contributed by atoms with Crippen LogP contribution in [0, 0.1) is 16.0 Å². The lowest BCUT2D eigenvalue weighted by Gasteiger charge is -2.22. The number of aromatic nitrogens is 1. The topological polar surface area (TPSA) is 106 Å². The summed E-state index contributed by atoms with van der Waals surface area (Å²) >= 11 is 0. The molecule has 1 aromatic rings. The van der Waals surface area contributed by atoms with Gasteiger partial charge in [0, 0.05) is 26.3 Å². The Kier molecular flexibility index (Phi) is 5.04. The first-order chi connectivity index (χ1) is 10.1. The van der Waals surface area contributed by atoms with Crippen LogP contribution in [0.1, 0.15) is 23.2 Å². The van der Waals surface area contributed by atoms with Crippen LogP contribution in [0.5, 0.6) is 0 Å². The van der Waals surface area contributed by atoms with Crippen LogP contribution >= 0.6 is 0 Å². The number of nitro groups is 1. The van der Waals surface area contributed by atoms with Crippen LogP contribution in [-0.2, 0) is 4.74 Å². The molecule has 0 aromatic carbocycles. The van der Waals surface area contributed by atoms with Gasteiger partial charge in [-0.3, -0.25) is 14.9 Å². The molecule has 114 valence electrons. The standard InChI is InChI=1S/C13H18N4O4/c1-14-12-5-10(11(7-15-12)17(19)20)13(18)16-6-9-3-2-4-21-8-9/h5,7,9H,2-4,6,8H2,1H3,(H,14,15)(H,16,18). The normalized spacial score (nSPS) is 18.0. The molecule has 1 unspecified atom stereocenters. The maximum Gasteiger partial charge on any atom is 0.300 e. The van der Waals surface area contributed by atoms with E-state index in [0.717, 1.165) is 25.6 Å². The fourth-order valence-electron chi connectivity index (χ4n) is 2.21. The molecule has 0 radical (unpaired) electrons. The number of amides is 1. The lowest BCUT2D eigenvalue weighted by Crippen LogP contribution is -2.33. The number of pyridine rings is 1. The summed E-state index contributed by atoms with van der Waals surface area (Å²) < 4.78 is 5.34. The molecule has 1 amide bonds. The van der Waals surface area contributed by atoms with Crippen LogP contribution in [0.15, 0.2) is 12.3 Å². The van der Waals surface area contributed by atoms with Crippen molar-refractivity contribution in [2.75, 3.05) is 32.1 Å². The molecule has 21 heavy (non-hydrogen) atoms. The lowest BCUT2D eigenvalue weighted by atomic mass is 10.0. The highest BCUT2D eigenvalue weighted by molar-refractivity contribution is 5.98. The van der Waals surface area contributed by atoms with Gasteiger partial charge in [-0.05, 0) is 18.8 Å². The van der Waals surface area contributed by atoms with E-state index in [1.165, 1.54) is 6.07 Å². The van der Waals surface area contributed by atoms with Gasteiger partial charge in [0.2, 0.25) is 0 Å². The second-order valence-electron chi connectivity index (χ2n) is 4.89. The molecule has 1 saturated heterocycles. The summed E-state index contributed by atoms with van der Waals surface area (Å²) in [4.78, 5) is 26.4. The lowest BCUT2D eigenvalue weighted by molar-refractivity contribution is -0.385. The second kappa shape index (κ2) is 6.98. The predicted molar refractivity (Wildman–Crippen MR) is 76.3 cm³/mol. The fraction of sp³-hybridized carbons (Fsp3) is 0.538. The van der Waals surface area contributed by atoms with E-state index in [1.54, 1.807) is 7.05 Å². The smallest absolute Gasteiger partial charge is 0.300 e. The maximum atomic E-state index is 12.2. The molecule has 0 aliphatic carbocycles. The summed E-state index contributed by atoms with van der Waals surface area (Å²) in [7, 11) is 1.63. The van der Waals surface area contributed by atoms with Gasteiger partial charge >= 0.3 is 0 Å². The van der Waals surface area contributed by atoms with Gasteiger partial charge in [-0.15, -0.1) is 0 Å².